The summed E-state index contributed by atoms with van der Waals surface area (Å²) in [7, 11) is -3.84. The van der Waals surface area contributed by atoms with Gasteiger partial charge in [-0.05, 0) is 36.2 Å². The van der Waals surface area contributed by atoms with Crippen molar-refractivity contribution in [2.24, 2.45) is 5.14 Å². The summed E-state index contributed by atoms with van der Waals surface area (Å²) in [6.45, 7) is 1.76. The molecular weight excluding hydrogens is 386 g/mol. The lowest BCUT2D eigenvalue weighted by atomic mass is 9.98. The number of carbonyl (C=O) groups excluding carboxylic acids is 1. The van der Waals surface area contributed by atoms with E-state index in [9.17, 15) is 13.2 Å². The van der Waals surface area contributed by atoms with Gasteiger partial charge in [0.05, 0.1) is 17.0 Å². The SMILES string of the molecule is CC(NC(c1ccccc1)c1ccccc1)C(=O)Nc1cccc(S(N)(=O)=O)c1. The van der Waals surface area contributed by atoms with Crippen LogP contribution >= 0.6 is 0 Å². The third-order valence-corrected chi connectivity index (χ3v) is 5.42. The summed E-state index contributed by atoms with van der Waals surface area (Å²) in [6.07, 6.45) is 0. The summed E-state index contributed by atoms with van der Waals surface area (Å²) in [4.78, 5) is 12.7. The van der Waals surface area contributed by atoms with Crippen LogP contribution in [0.1, 0.15) is 24.1 Å². The molecule has 3 rings (SSSR count). The maximum atomic E-state index is 12.7. The van der Waals surface area contributed by atoms with E-state index >= 15 is 0 Å². The summed E-state index contributed by atoms with van der Waals surface area (Å²) in [6, 6.07) is 24.9. The van der Waals surface area contributed by atoms with Crippen LogP contribution < -0.4 is 15.8 Å². The van der Waals surface area contributed by atoms with E-state index in [-0.39, 0.29) is 16.8 Å². The largest absolute Gasteiger partial charge is 0.325 e. The first-order valence-corrected chi connectivity index (χ1v) is 10.7. The average molecular weight is 410 g/mol. The number of nitrogens with two attached hydrogens (primary N) is 1. The topological polar surface area (TPSA) is 101 Å². The van der Waals surface area contributed by atoms with E-state index in [4.69, 9.17) is 5.14 Å². The quantitative estimate of drug-likeness (QED) is 0.558. The smallest absolute Gasteiger partial charge is 0.241 e. The van der Waals surface area contributed by atoms with Crippen molar-refractivity contribution in [3.05, 3.63) is 96.1 Å². The fourth-order valence-corrected chi connectivity index (χ4v) is 3.56. The molecule has 3 aromatic rings. The van der Waals surface area contributed by atoms with Gasteiger partial charge in [0.2, 0.25) is 15.9 Å². The van der Waals surface area contributed by atoms with Gasteiger partial charge in [-0.3, -0.25) is 10.1 Å². The molecule has 6 nitrogen and oxygen atoms in total. The molecule has 4 N–H and O–H groups in total. The second kappa shape index (κ2) is 9.00. The Bertz CT molecular complexity index is 1030. The Morgan fingerprint density at radius 3 is 1.93 bits per heavy atom. The molecule has 0 aliphatic rings. The molecule has 0 radical (unpaired) electrons. The second-order valence-electron chi connectivity index (χ2n) is 6.70. The summed E-state index contributed by atoms with van der Waals surface area (Å²) in [5.74, 6) is -0.284. The van der Waals surface area contributed by atoms with Crippen LogP contribution in [0.3, 0.4) is 0 Å². The number of hydrogen-bond acceptors (Lipinski definition) is 4. The van der Waals surface area contributed by atoms with Crippen molar-refractivity contribution < 1.29 is 13.2 Å². The molecule has 3 aromatic carbocycles. The second-order valence-corrected chi connectivity index (χ2v) is 8.27. The van der Waals surface area contributed by atoms with Gasteiger partial charge in [-0.15, -0.1) is 0 Å². The zero-order valence-electron chi connectivity index (χ0n) is 15.9. The van der Waals surface area contributed by atoms with Gasteiger partial charge in [-0.2, -0.15) is 0 Å². The van der Waals surface area contributed by atoms with Gasteiger partial charge in [-0.25, -0.2) is 13.6 Å². The maximum Gasteiger partial charge on any atom is 0.241 e. The van der Waals surface area contributed by atoms with Gasteiger partial charge in [-0.1, -0.05) is 66.7 Å². The first-order chi connectivity index (χ1) is 13.8. The highest BCUT2D eigenvalue weighted by molar-refractivity contribution is 7.89. The number of carbonyl (C=O) groups is 1. The van der Waals surface area contributed by atoms with E-state index in [1.165, 1.54) is 18.2 Å². The normalized spacial score (nSPS) is 12.5. The van der Waals surface area contributed by atoms with Crippen molar-refractivity contribution in [3.8, 4) is 0 Å². The number of hydrogen-bond donors (Lipinski definition) is 3. The van der Waals surface area contributed by atoms with Gasteiger partial charge in [0.15, 0.2) is 0 Å². The molecule has 1 amide bonds. The molecular formula is C22H23N3O3S. The Hall–Kier alpha value is -3.00. The Morgan fingerprint density at radius 1 is 0.862 bits per heavy atom. The van der Waals surface area contributed by atoms with Crippen LogP contribution in [0.25, 0.3) is 0 Å². The lowest BCUT2D eigenvalue weighted by Gasteiger charge is -2.24. The lowest BCUT2D eigenvalue weighted by molar-refractivity contribution is -0.117. The van der Waals surface area contributed by atoms with Crippen molar-refractivity contribution in [2.75, 3.05) is 5.32 Å². The predicted octanol–water partition coefficient (Wildman–Crippen LogP) is 3.04. The van der Waals surface area contributed by atoms with Crippen LogP contribution in [0.5, 0.6) is 0 Å². The zero-order chi connectivity index (χ0) is 20.9. The number of anilines is 1. The van der Waals surface area contributed by atoms with Crippen LogP contribution in [-0.4, -0.2) is 20.4 Å². The monoisotopic (exact) mass is 409 g/mol. The first kappa shape index (κ1) is 20.7. The summed E-state index contributed by atoms with van der Waals surface area (Å²) >= 11 is 0. The van der Waals surface area contributed by atoms with E-state index in [0.29, 0.717) is 5.69 Å². The van der Waals surface area contributed by atoms with Gasteiger partial charge in [0.25, 0.3) is 0 Å². The molecule has 0 saturated heterocycles. The molecule has 0 aromatic heterocycles. The van der Waals surface area contributed by atoms with E-state index < -0.39 is 16.1 Å². The van der Waals surface area contributed by atoms with Gasteiger partial charge in [0, 0.05) is 5.69 Å². The summed E-state index contributed by atoms with van der Waals surface area (Å²) < 4.78 is 23.0. The predicted molar refractivity (Wildman–Crippen MR) is 114 cm³/mol. The van der Waals surface area contributed by atoms with Crippen LogP contribution in [-0.2, 0) is 14.8 Å². The van der Waals surface area contributed by atoms with E-state index in [1.807, 2.05) is 60.7 Å². The van der Waals surface area contributed by atoms with Crippen molar-refractivity contribution in [1.82, 2.24) is 5.32 Å². The van der Waals surface area contributed by atoms with Crippen molar-refractivity contribution in [1.29, 1.82) is 0 Å². The Labute approximate surface area is 170 Å². The standard InChI is InChI=1S/C22H23N3O3S/c1-16(22(26)25-19-13-8-14-20(15-19)29(23,27)28)24-21(17-9-4-2-5-10-17)18-11-6-3-7-12-18/h2-16,21,24H,1H3,(H,25,26)(H2,23,27,28). The lowest BCUT2D eigenvalue weighted by Crippen LogP contribution is -2.40. The maximum absolute atomic E-state index is 12.7. The fourth-order valence-electron chi connectivity index (χ4n) is 3.00. The van der Waals surface area contributed by atoms with E-state index in [0.717, 1.165) is 11.1 Å². The molecule has 29 heavy (non-hydrogen) atoms. The van der Waals surface area contributed by atoms with Gasteiger partial charge in [0.1, 0.15) is 0 Å². The molecule has 1 atom stereocenters. The molecule has 0 bridgehead atoms. The number of benzene rings is 3. The van der Waals surface area contributed by atoms with Crippen LogP contribution in [0.2, 0.25) is 0 Å². The third kappa shape index (κ3) is 5.51. The molecule has 150 valence electrons. The third-order valence-electron chi connectivity index (χ3n) is 4.51. The minimum atomic E-state index is -3.84. The minimum Gasteiger partial charge on any atom is -0.325 e. The molecule has 0 aliphatic heterocycles. The summed E-state index contributed by atoms with van der Waals surface area (Å²) in [5, 5.41) is 11.3. The number of sulfonamides is 1. The number of amides is 1. The molecule has 0 heterocycles. The Morgan fingerprint density at radius 2 is 1.41 bits per heavy atom. The van der Waals surface area contributed by atoms with Gasteiger partial charge < -0.3 is 5.32 Å². The molecule has 1 unspecified atom stereocenters. The highest BCUT2D eigenvalue weighted by atomic mass is 32.2. The van der Waals surface area contributed by atoms with Crippen molar-refractivity contribution in [2.45, 2.75) is 23.9 Å². The minimum absolute atomic E-state index is 0.0534. The summed E-state index contributed by atoms with van der Waals surface area (Å²) in [5.41, 5.74) is 2.44. The van der Waals surface area contributed by atoms with Gasteiger partial charge >= 0.3 is 0 Å². The Kier molecular flexibility index (Phi) is 6.43. The van der Waals surface area contributed by atoms with E-state index in [2.05, 4.69) is 10.6 Å². The average Bonchev–Trinajstić information content (AvgIpc) is 2.72. The number of primary sulfonamides is 1. The van der Waals surface area contributed by atoms with Crippen LogP contribution in [0.15, 0.2) is 89.8 Å². The fraction of sp³-hybridized carbons (Fsp3) is 0.136. The molecule has 0 spiro atoms. The highest BCUT2D eigenvalue weighted by Gasteiger charge is 2.21. The first-order valence-electron chi connectivity index (χ1n) is 9.14. The molecule has 7 heteroatoms. The highest BCUT2D eigenvalue weighted by Crippen LogP contribution is 2.23. The van der Waals surface area contributed by atoms with E-state index in [1.54, 1.807) is 13.0 Å². The number of rotatable bonds is 7. The molecule has 0 aliphatic carbocycles. The molecule has 0 saturated carbocycles. The number of nitrogens with one attached hydrogen (secondary N) is 2. The zero-order valence-corrected chi connectivity index (χ0v) is 16.8. The van der Waals surface area contributed by atoms with Crippen LogP contribution in [0.4, 0.5) is 5.69 Å². The molecule has 0 fully saturated rings. The van der Waals surface area contributed by atoms with Crippen LogP contribution in [0, 0.1) is 0 Å². The van der Waals surface area contributed by atoms with Crippen molar-refractivity contribution in [3.63, 3.8) is 0 Å². The Balaban J connectivity index is 1.78. The van der Waals surface area contributed by atoms with Crippen molar-refractivity contribution >= 4 is 21.6 Å².